The minimum absolute atomic E-state index is 0.214. The molecule has 2 N–H and O–H groups in total. The average Bonchev–Trinajstić information content (AvgIpc) is 2.01. The van der Waals surface area contributed by atoms with E-state index in [1.807, 2.05) is 0 Å². The van der Waals surface area contributed by atoms with Crippen molar-refractivity contribution < 1.29 is 18.5 Å². The van der Waals surface area contributed by atoms with E-state index in [0.29, 0.717) is 4.90 Å². The van der Waals surface area contributed by atoms with Gasteiger partial charge in [0.15, 0.2) is 0 Å². The molecule has 78 valence electrons. The van der Waals surface area contributed by atoms with Crippen LogP contribution in [0.5, 0.6) is 5.75 Å². The predicted octanol–water partition coefficient (Wildman–Crippen LogP) is 1.01. The molecule has 0 aliphatic carbocycles. The van der Waals surface area contributed by atoms with Crippen LogP contribution in [0, 0.1) is 0 Å². The normalized spacial score (nSPS) is 13.6. The molecule has 1 rings (SSSR count). The molecule has 0 aromatic heterocycles. The Bertz CT molecular complexity index is 400. The van der Waals surface area contributed by atoms with E-state index in [0.717, 1.165) is 0 Å². The standard InChI is InChI=1S/C7H9O4PS2/c1-14(10)7-4-2-3-6(5-7)11-12(8,9)13/h2-5H,1H3,(H2,8,9,13). The highest BCUT2D eigenvalue weighted by Crippen LogP contribution is 2.38. The number of hydrogen-bond acceptors (Lipinski definition) is 3. The first kappa shape index (κ1) is 11.8. The van der Waals surface area contributed by atoms with Crippen LogP contribution in [0.2, 0.25) is 0 Å². The van der Waals surface area contributed by atoms with Crippen LogP contribution in [0.4, 0.5) is 0 Å². The summed E-state index contributed by atoms with van der Waals surface area (Å²) in [6.07, 6.45) is 1.52. The SMILES string of the molecule is CS(=O)c1cccc(OP(O)(O)=S)c1. The summed E-state index contributed by atoms with van der Waals surface area (Å²) in [6.45, 7) is -3.70. The van der Waals surface area contributed by atoms with Gasteiger partial charge in [-0.15, -0.1) is 0 Å². The smallest absolute Gasteiger partial charge is 0.375 e. The minimum atomic E-state index is -3.70. The van der Waals surface area contributed by atoms with Gasteiger partial charge in [0.1, 0.15) is 5.75 Å². The fourth-order valence-corrected chi connectivity index (χ4v) is 2.05. The number of rotatable bonds is 3. The lowest BCUT2D eigenvalue weighted by Crippen LogP contribution is -1.92. The number of hydrogen-bond donors (Lipinski definition) is 2. The Labute approximate surface area is 89.3 Å². The van der Waals surface area contributed by atoms with Crippen molar-refractivity contribution in [1.82, 2.24) is 0 Å². The Balaban J connectivity index is 2.95. The van der Waals surface area contributed by atoms with Crippen molar-refractivity contribution in [3.63, 3.8) is 0 Å². The van der Waals surface area contributed by atoms with Crippen molar-refractivity contribution >= 4 is 29.3 Å². The van der Waals surface area contributed by atoms with Gasteiger partial charge in [0.05, 0.1) is 0 Å². The van der Waals surface area contributed by atoms with Crippen molar-refractivity contribution in [2.75, 3.05) is 6.26 Å². The lowest BCUT2D eigenvalue weighted by Gasteiger charge is -2.10. The Morgan fingerprint density at radius 1 is 1.50 bits per heavy atom. The zero-order valence-corrected chi connectivity index (χ0v) is 9.81. The average molecular weight is 252 g/mol. The molecule has 0 aliphatic rings. The van der Waals surface area contributed by atoms with Gasteiger partial charge in [-0.25, -0.2) is 0 Å². The molecule has 1 aromatic carbocycles. The Morgan fingerprint density at radius 2 is 2.14 bits per heavy atom. The molecule has 1 atom stereocenters. The maximum absolute atomic E-state index is 11.1. The van der Waals surface area contributed by atoms with Crippen molar-refractivity contribution in [2.45, 2.75) is 4.90 Å². The summed E-state index contributed by atoms with van der Waals surface area (Å²) in [4.78, 5) is 18.3. The second kappa shape index (κ2) is 4.51. The second-order valence-electron chi connectivity index (χ2n) is 2.51. The maximum Gasteiger partial charge on any atom is 0.375 e. The molecule has 0 fully saturated rings. The highest BCUT2D eigenvalue weighted by atomic mass is 32.5. The van der Waals surface area contributed by atoms with E-state index in [1.165, 1.54) is 18.4 Å². The van der Waals surface area contributed by atoms with Crippen molar-refractivity contribution in [3.05, 3.63) is 24.3 Å². The van der Waals surface area contributed by atoms with E-state index in [2.05, 4.69) is 11.8 Å². The van der Waals surface area contributed by atoms with Gasteiger partial charge < -0.3 is 14.3 Å². The largest absolute Gasteiger partial charge is 0.424 e. The summed E-state index contributed by atoms with van der Waals surface area (Å²) < 4.78 is 15.8. The molecule has 0 amide bonds. The Kier molecular flexibility index (Phi) is 3.80. The Hall–Kier alpha value is -0.260. The summed E-state index contributed by atoms with van der Waals surface area (Å²) in [7, 11) is -1.13. The number of benzene rings is 1. The predicted molar refractivity (Wildman–Crippen MR) is 58.1 cm³/mol. The molecule has 0 radical (unpaired) electrons. The first-order chi connectivity index (χ1) is 6.38. The fraction of sp³-hybridized carbons (Fsp3) is 0.143. The lowest BCUT2D eigenvalue weighted by molar-refractivity contribution is 0.370. The molecular formula is C7H9O4PS2. The van der Waals surface area contributed by atoms with Crippen LogP contribution in [-0.2, 0) is 22.6 Å². The van der Waals surface area contributed by atoms with Gasteiger partial charge in [0.2, 0.25) is 0 Å². The summed E-state index contributed by atoms with van der Waals surface area (Å²) >= 11 is 4.30. The van der Waals surface area contributed by atoms with Gasteiger partial charge >= 0.3 is 6.72 Å². The third-order valence-electron chi connectivity index (χ3n) is 1.36. The monoisotopic (exact) mass is 252 g/mol. The van der Waals surface area contributed by atoms with Gasteiger partial charge in [0.25, 0.3) is 0 Å². The van der Waals surface area contributed by atoms with Crippen molar-refractivity contribution in [3.8, 4) is 5.75 Å². The zero-order valence-electron chi connectivity index (χ0n) is 7.28. The van der Waals surface area contributed by atoms with E-state index in [4.69, 9.17) is 14.3 Å². The molecule has 0 spiro atoms. The molecule has 7 heteroatoms. The first-order valence-corrected chi connectivity index (χ1v) is 7.75. The quantitative estimate of drug-likeness (QED) is 0.786. The molecule has 0 heterocycles. The van der Waals surface area contributed by atoms with E-state index in [9.17, 15) is 4.21 Å². The van der Waals surface area contributed by atoms with Gasteiger partial charge in [-0.1, -0.05) is 6.07 Å². The molecule has 0 saturated heterocycles. The van der Waals surface area contributed by atoms with Crippen LogP contribution in [0.1, 0.15) is 0 Å². The third-order valence-corrected chi connectivity index (χ3v) is 2.95. The van der Waals surface area contributed by atoms with E-state index < -0.39 is 17.5 Å². The molecule has 1 unspecified atom stereocenters. The van der Waals surface area contributed by atoms with Crippen molar-refractivity contribution in [1.29, 1.82) is 0 Å². The van der Waals surface area contributed by atoms with Crippen LogP contribution in [-0.4, -0.2) is 20.3 Å². The van der Waals surface area contributed by atoms with Gasteiger partial charge in [-0.05, 0) is 18.2 Å². The van der Waals surface area contributed by atoms with Crippen LogP contribution < -0.4 is 4.52 Å². The molecule has 0 aliphatic heterocycles. The summed E-state index contributed by atoms with van der Waals surface area (Å²) in [5.41, 5.74) is 0. The van der Waals surface area contributed by atoms with E-state index in [-0.39, 0.29) is 5.75 Å². The van der Waals surface area contributed by atoms with E-state index in [1.54, 1.807) is 12.1 Å². The van der Waals surface area contributed by atoms with Crippen LogP contribution in [0.3, 0.4) is 0 Å². The summed E-state index contributed by atoms with van der Waals surface area (Å²) in [5, 5.41) is 0. The van der Waals surface area contributed by atoms with Crippen LogP contribution >= 0.6 is 6.72 Å². The lowest BCUT2D eigenvalue weighted by atomic mass is 10.3. The topological polar surface area (TPSA) is 66.8 Å². The molecule has 14 heavy (non-hydrogen) atoms. The molecule has 4 nitrogen and oxygen atoms in total. The highest BCUT2D eigenvalue weighted by Gasteiger charge is 2.10. The van der Waals surface area contributed by atoms with Crippen LogP contribution in [0.15, 0.2) is 29.2 Å². The summed E-state index contributed by atoms with van der Waals surface area (Å²) in [5.74, 6) is 0.214. The zero-order chi connectivity index (χ0) is 10.8. The fourth-order valence-electron chi connectivity index (χ4n) is 0.847. The van der Waals surface area contributed by atoms with Gasteiger partial charge in [-0.3, -0.25) is 4.21 Å². The highest BCUT2D eigenvalue weighted by molar-refractivity contribution is 8.06. The van der Waals surface area contributed by atoms with E-state index >= 15 is 0 Å². The molecular weight excluding hydrogens is 243 g/mol. The van der Waals surface area contributed by atoms with Crippen LogP contribution in [0.25, 0.3) is 0 Å². The third kappa shape index (κ3) is 3.86. The Morgan fingerprint density at radius 3 is 2.64 bits per heavy atom. The maximum atomic E-state index is 11.1. The minimum Gasteiger partial charge on any atom is -0.424 e. The second-order valence-corrected chi connectivity index (χ2v) is 6.48. The van der Waals surface area contributed by atoms with Crippen molar-refractivity contribution in [2.24, 2.45) is 0 Å². The summed E-state index contributed by atoms with van der Waals surface area (Å²) in [6, 6.07) is 6.24. The van der Waals surface area contributed by atoms with Gasteiger partial charge in [0, 0.05) is 33.8 Å². The molecule has 0 bridgehead atoms. The first-order valence-electron chi connectivity index (χ1n) is 3.57. The van der Waals surface area contributed by atoms with Gasteiger partial charge in [-0.2, -0.15) is 0 Å². The molecule has 1 aromatic rings. The molecule has 0 saturated carbocycles.